The van der Waals surface area contributed by atoms with Gasteiger partial charge in [0.25, 0.3) is 5.56 Å². The second kappa shape index (κ2) is 8.03. The third-order valence-electron chi connectivity index (χ3n) is 5.82. The molecule has 1 N–H and O–H groups in total. The average molecular weight is 396 g/mol. The van der Waals surface area contributed by atoms with E-state index in [2.05, 4.69) is 5.32 Å². The minimum Gasteiger partial charge on any atom is -0.497 e. The Balaban J connectivity index is 1.85. The van der Waals surface area contributed by atoms with Gasteiger partial charge in [-0.05, 0) is 48.1 Å². The van der Waals surface area contributed by atoms with Crippen molar-refractivity contribution in [1.29, 1.82) is 0 Å². The van der Waals surface area contributed by atoms with E-state index in [1.807, 2.05) is 31.3 Å². The minimum absolute atomic E-state index is 0.0714. The Hall–Kier alpha value is -2.60. The quantitative estimate of drug-likeness (QED) is 0.811. The third-order valence-corrected chi connectivity index (χ3v) is 5.82. The number of aryl methyl sites for hydroxylation is 1. The van der Waals surface area contributed by atoms with E-state index < -0.39 is 6.10 Å². The van der Waals surface area contributed by atoms with Crippen LogP contribution in [-0.2, 0) is 16.6 Å². The standard InChI is InChI=1S/C23H28N2O4/c1-4-24-22(26)12-21-18-11-23(27)25(2)13-19(18)16-8-7-15(28-3)10-17(16)20(29-21)9-14-5-6-14/h7-8,10-11,13-14,20-21H,4-6,9,12H2,1-3H3,(H,24,26)/t20-,21+/m1/s1. The monoisotopic (exact) mass is 396 g/mol. The molecule has 1 aliphatic heterocycles. The van der Waals surface area contributed by atoms with E-state index >= 15 is 0 Å². The summed E-state index contributed by atoms with van der Waals surface area (Å²) in [6.45, 7) is 2.46. The van der Waals surface area contributed by atoms with E-state index in [1.165, 1.54) is 12.8 Å². The van der Waals surface area contributed by atoms with E-state index in [0.29, 0.717) is 12.5 Å². The van der Waals surface area contributed by atoms with Gasteiger partial charge in [-0.15, -0.1) is 0 Å². The molecule has 1 fully saturated rings. The number of amides is 1. The number of nitrogens with zero attached hydrogens (tertiary/aromatic N) is 1. The fourth-order valence-electron chi connectivity index (χ4n) is 4.09. The van der Waals surface area contributed by atoms with Crippen molar-refractivity contribution in [2.24, 2.45) is 13.0 Å². The number of carbonyl (C=O) groups is 1. The Kier molecular flexibility index (Phi) is 5.46. The molecule has 0 spiro atoms. The minimum atomic E-state index is -0.465. The lowest BCUT2D eigenvalue weighted by Crippen LogP contribution is -2.26. The van der Waals surface area contributed by atoms with Gasteiger partial charge in [-0.3, -0.25) is 9.59 Å². The number of benzene rings is 1. The molecular formula is C23H28N2O4. The molecule has 2 aromatic rings. The van der Waals surface area contributed by atoms with Crippen LogP contribution in [0.15, 0.2) is 35.3 Å². The lowest BCUT2D eigenvalue weighted by molar-refractivity contribution is -0.125. The smallest absolute Gasteiger partial charge is 0.250 e. The summed E-state index contributed by atoms with van der Waals surface area (Å²) in [4.78, 5) is 24.8. The number of hydrogen-bond donors (Lipinski definition) is 1. The molecule has 6 heteroatoms. The maximum atomic E-state index is 12.4. The van der Waals surface area contributed by atoms with Crippen molar-refractivity contribution in [2.75, 3.05) is 13.7 Å². The molecule has 6 nitrogen and oxygen atoms in total. The topological polar surface area (TPSA) is 69.6 Å². The number of carbonyl (C=O) groups excluding carboxylic acids is 1. The molecule has 2 atom stereocenters. The van der Waals surface area contributed by atoms with Gasteiger partial charge in [-0.25, -0.2) is 0 Å². The average Bonchev–Trinajstić information content (AvgIpc) is 3.53. The van der Waals surface area contributed by atoms with Crippen LogP contribution < -0.4 is 15.6 Å². The van der Waals surface area contributed by atoms with Crippen molar-refractivity contribution < 1.29 is 14.3 Å². The second-order valence-corrected chi connectivity index (χ2v) is 7.99. The summed E-state index contributed by atoms with van der Waals surface area (Å²) in [6.07, 6.45) is 4.79. The summed E-state index contributed by atoms with van der Waals surface area (Å²) >= 11 is 0. The number of methoxy groups -OCH3 is 1. The predicted octanol–water partition coefficient (Wildman–Crippen LogP) is 3.50. The highest BCUT2D eigenvalue weighted by atomic mass is 16.5. The fourth-order valence-corrected chi connectivity index (χ4v) is 4.09. The zero-order chi connectivity index (χ0) is 20.5. The largest absolute Gasteiger partial charge is 0.497 e. The predicted molar refractivity (Wildman–Crippen MR) is 111 cm³/mol. The highest BCUT2D eigenvalue weighted by Gasteiger charge is 2.35. The maximum absolute atomic E-state index is 12.4. The third kappa shape index (κ3) is 4.08. The lowest BCUT2D eigenvalue weighted by atomic mass is 9.92. The van der Waals surface area contributed by atoms with Gasteiger partial charge in [0, 0.05) is 31.4 Å². The molecule has 1 aromatic heterocycles. The zero-order valence-electron chi connectivity index (χ0n) is 17.2. The molecule has 154 valence electrons. The summed E-state index contributed by atoms with van der Waals surface area (Å²) in [5, 5.41) is 2.86. The van der Waals surface area contributed by atoms with Crippen molar-refractivity contribution >= 4 is 5.91 Å². The van der Waals surface area contributed by atoms with E-state index in [4.69, 9.17) is 9.47 Å². The number of aromatic nitrogens is 1. The zero-order valence-corrected chi connectivity index (χ0v) is 17.2. The summed E-state index contributed by atoms with van der Waals surface area (Å²) in [5.74, 6) is 1.36. The van der Waals surface area contributed by atoms with Crippen molar-refractivity contribution in [3.05, 3.63) is 51.9 Å². The molecule has 1 aromatic carbocycles. The van der Waals surface area contributed by atoms with E-state index in [-0.39, 0.29) is 24.0 Å². The van der Waals surface area contributed by atoms with Gasteiger partial charge in [0.15, 0.2) is 0 Å². The number of rotatable bonds is 6. The molecule has 29 heavy (non-hydrogen) atoms. The van der Waals surface area contributed by atoms with Crippen LogP contribution in [0.3, 0.4) is 0 Å². The Labute approximate surface area is 170 Å². The van der Waals surface area contributed by atoms with Crippen LogP contribution in [0, 0.1) is 5.92 Å². The molecule has 0 unspecified atom stereocenters. The van der Waals surface area contributed by atoms with Gasteiger partial charge < -0.3 is 19.4 Å². The molecule has 2 aliphatic rings. The van der Waals surface area contributed by atoms with Crippen LogP contribution in [0.25, 0.3) is 11.1 Å². The Bertz CT molecular complexity index is 977. The number of fused-ring (bicyclic) bond motifs is 3. The first-order valence-corrected chi connectivity index (χ1v) is 10.3. The molecule has 0 radical (unpaired) electrons. The molecule has 1 aliphatic carbocycles. The van der Waals surface area contributed by atoms with Crippen LogP contribution in [0.4, 0.5) is 0 Å². The van der Waals surface area contributed by atoms with Crippen molar-refractivity contribution in [3.63, 3.8) is 0 Å². The first-order valence-electron chi connectivity index (χ1n) is 10.3. The Morgan fingerprint density at radius 3 is 2.66 bits per heavy atom. The molecule has 0 bridgehead atoms. The van der Waals surface area contributed by atoms with E-state index in [9.17, 15) is 9.59 Å². The highest BCUT2D eigenvalue weighted by Crippen LogP contribution is 2.48. The van der Waals surface area contributed by atoms with Crippen molar-refractivity contribution in [2.45, 2.75) is 44.8 Å². The first-order chi connectivity index (χ1) is 14.0. The van der Waals surface area contributed by atoms with Gasteiger partial charge in [0.2, 0.25) is 5.91 Å². The van der Waals surface area contributed by atoms with Gasteiger partial charge in [-0.1, -0.05) is 18.9 Å². The van der Waals surface area contributed by atoms with Crippen LogP contribution in [0.1, 0.15) is 55.9 Å². The lowest BCUT2D eigenvalue weighted by Gasteiger charge is -2.24. The Morgan fingerprint density at radius 2 is 1.97 bits per heavy atom. The van der Waals surface area contributed by atoms with Crippen LogP contribution in [-0.4, -0.2) is 24.1 Å². The van der Waals surface area contributed by atoms with Gasteiger partial charge in [0.05, 0.1) is 25.7 Å². The van der Waals surface area contributed by atoms with Gasteiger partial charge >= 0.3 is 0 Å². The van der Waals surface area contributed by atoms with Crippen LogP contribution in [0.5, 0.6) is 5.75 Å². The highest BCUT2D eigenvalue weighted by molar-refractivity contribution is 5.78. The first kappa shape index (κ1) is 19.7. The number of ether oxygens (including phenoxy) is 2. The summed E-state index contributed by atoms with van der Waals surface area (Å²) in [7, 11) is 3.41. The van der Waals surface area contributed by atoms with Crippen LogP contribution in [0.2, 0.25) is 0 Å². The SMILES string of the molecule is CCNC(=O)C[C@@H]1O[C@H](CC2CC2)c2cc(OC)ccc2-c2cn(C)c(=O)cc21. The molecule has 4 rings (SSSR count). The molecule has 1 saturated carbocycles. The maximum Gasteiger partial charge on any atom is 0.250 e. The summed E-state index contributed by atoms with van der Waals surface area (Å²) in [6, 6.07) is 7.62. The second-order valence-electron chi connectivity index (χ2n) is 7.99. The fraction of sp³-hybridized carbons (Fsp3) is 0.478. The van der Waals surface area contributed by atoms with Gasteiger partial charge in [0.1, 0.15) is 5.75 Å². The number of nitrogens with one attached hydrogen (secondary N) is 1. The van der Waals surface area contributed by atoms with Crippen molar-refractivity contribution in [3.8, 4) is 16.9 Å². The van der Waals surface area contributed by atoms with E-state index in [0.717, 1.165) is 34.4 Å². The molecule has 2 heterocycles. The summed E-state index contributed by atoms with van der Waals surface area (Å²) < 4.78 is 13.6. The van der Waals surface area contributed by atoms with Gasteiger partial charge in [-0.2, -0.15) is 0 Å². The summed E-state index contributed by atoms with van der Waals surface area (Å²) in [5.41, 5.74) is 3.72. The van der Waals surface area contributed by atoms with Crippen LogP contribution >= 0.6 is 0 Å². The van der Waals surface area contributed by atoms with Crippen molar-refractivity contribution in [1.82, 2.24) is 9.88 Å². The Morgan fingerprint density at radius 1 is 1.21 bits per heavy atom. The number of hydrogen-bond acceptors (Lipinski definition) is 4. The molecular weight excluding hydrogens is 368 g/mol. The molecule has 1 amide bonds. The number of pyridine rings is 1. The van der Waals surface area contributed by atoms with E-state index in [1.54, 1.807) is 24.8 Å². The normalized spacial score (nSPS) is 20.4. The molecule has 0 saturated heterocycles.